The summed E-state index contributed by atoms with van der Waals surface area (Å²) >= 11 is 0. The van der Waals surface area contributed by atoms with Crippen molar-refractivity contribution in [3.8, 4) is 5.75 Å². The number of hydrogen-bond donors (Lipinski definition) is 0. The Morgan fingerprint density at radius 1 is 1.33 bits per heavy atom. The lowest BCUT2D eigenvalue weighted by Crippen LogP contribution is -2.19. The zero-order valence-electron chi connectivity index (χ0n) is 11.2. The van der Waals surface area contributed by atoms with Crippen LogP contribution in [0.4, 0.5) is 14.5 Å². The van der Waals surface area contributed by atoms with Gasteiger partial charge in [0, 0.05) is 25.4 Å². The predicted molar refractivity (Wildman–Crippen MR) is 70.1 cm³/mol. The van der Waals surface area contributed by atoms with Crippen molar-refractivity contribution in [1.29, 1.82) is 0 Å². The van der Waals surface area contributed by atoms with Crippen molar-refractivity contribution in [2.45, 2.75) is 33.3 Å². The van der Waals surface area contributed by atoms with Crippen LogP contribution in [0.1, 0.15) is 27.2 Å². The molecule has 18 heavy (non-hydrogen) atoms. The second kappa shape index (κ2) is 5.85. The first kappa shape index (κ1) is 14.5. The first-order valence-electron chi connectivity index (χ1n) is 5.91. The molecule has 0 saturated carbocycles. The van der Waals surface area contributed by atoms with Crippen molar-refractivity contribution in [3.63, 3.8) is 0 Å². The Labute approximate surface area is 107 Å². The molecule has 0 bridgehead atoms. The molecule has 0 aliphatic carbocycles. The number of halogens is 2. The van der Waals surface area contributed by atoms with Crippen LogP contribution in [0.5, 0.6) is 5.75 Å². The molecule has 0 aromatic heterocycles. The molecule has 1 aromatic rings. The molecule has 0 aliphatic rings. The first-order chi connectivity index (χ1) is 8.33. The Morgan fingerprint density at radius 2 is 1.89 bits per heavy atom. The van der Waals surface area contributed by atoms with E-state index in [-0.39, 0.29) is 5.75 Å². The maximum atomic E-state index is 12.7. The molecule has 0 N–H and O–H groups in total. The van der Waals surface area contributed by atoms with Gasteiger partial charge in [0.1, 0.15) is 5.75 Å². The molecule has 0 amide bonds. The Bertz CT molecular complexity index is 407. The molecular weight excluding hydrogens is 236 g/mol. The molecule has 0 fully saturated rings. The number of hydrogen-bond acceptors (Lipinski definition) is 2. The van der Waals surface area contributed by atoms with Crippen molar-refractivity contribution in [2.24, 2.45) is 0 Å². The van der Waals surface area contributed by atoms with E-state index in [0.717, 1.165) is 24.7 Å². The van der Waals surface area contributed by atoms with Gasteiger partial charge in [-0.1, -0.05) is 13.0 Å². The smallest absolute Gasteiger partial charge is 0.394 e. The standard InChI is InChI=1S/C14H19F2NO/c1-5-6-11(2)17(4)12-7-9-13(10-8-12)18-14(3,15)16/h6-10H,5H2,1-4H3/b11-6-. The number of nitrogens with zero attached hydrogens (tertiary/aromatic N) is 1. The minimum atomic E-state index is -3.15. The lowest BCUT2D eigenvalue weighted by atomic mass is 10.2. The number of alkyl halides is 2. The lowest BCUT2D eigenvalue weighted by Gasteiger charge is -2.21. The van der Waals surface area contributed by atoms with Gasteiger partial charge < -0.3 is 9.64 Å². The normalized spacial score (nSPS) is 12.4. The van der Waals surface area contributed by atoms with E-state index in [0.29, 0.717) is 0 Å². The first-order valence-corrected chi connectivity index (χ1v) is 5.91. The van der Waals surface area contributed by atoms with Gasteiger partial charge in [-0.25, -0.2) is 0 Å². The van der Waals surface area contributed by atoms with Crippen molar-refractivity contribution >= 4 is 5.69 Å². The van der Waals surface area contributed by atoms with E-state index in [1.165, 1.54) is 0 Å². The summed E-state index contributed by atoms with van der Waals surface area (Å²) in [5.41, 5.74) is 2.05. The fraction of sp³-hybridized carbons (Fsp3) is 0.429. The monoisotopic (exact) mass is 255 g/mol. The molecule has 0 radical (unpaired) electrons. The molecule has 0 saturated heterocycles. The summed E-state index contributed by atoms with van der Waals surface area (Å²) in [5, 5.41) is 0. The second-order valence-electron chi connectivity index (χ2n) is 4.22. The molecule has 0 spiro atoms. The average molecular weight is 255 g/mol. The molecule has 0 unspecified atom stereocenters. The van der Waals surface area contributed by atoms with Crippen molar-refractivity contribution < 1.29 is 13.5 Å². The summed E-state index contributed by atoms with van der Waals surface area (Å²) in [4.78, 5) is 2.00. The van der Waals surface area contributed by atoms with Crippen LogP contribution in [0.2, 0.25) is 0 Å². The largest absolute Gasteiger partial charge is 0.433 e. The zero-order valence-corrected chi connectivity index (χ0v) is 11.2. The maximum Gasteiger partial charge on any atom is 0.394 e. The Balaban J connectivity index is 2.80. The van der Waals surface area contributed by atoms with Crippen LogP contribution in [0, 0.1) is 0 Å². The third-order valence-electron chi connectivity index (χ3n) is 2.55. The minimum Gasteiger partial charge on any atom is -0.433 e. The van der Waals surface area contributed by atoms with Crippen LogP contribution >= 0.6 is 0 Å². The molecule has 0 aliphatic heterocycles. The van der Waals surface area contributed by atoms with Gasteiger partial charge in [0.05, 0.1) is 0 Å². The average Bonchev–Trinajstić information content (AvgIpc) is 2.27. The van der Waals surface area contributed by atoms with E-state index in [9.17, 15) is 8.78 Å². The summed E-state index contributed by atoms with van der Waals surface area (Å²) < 4.78 is 29.8. The van der Waals surface area contributed by atoms with Crippen LogP contribution < -0.4 is 9.64 Å². The summed E-state index contributed by atoms with van der Waals surface area (Å²) in [6, 6.07) is 6.60. The predicted octanol–water partition coefficient (Wildman–Crippen LogP) is 4.43. The highest BCUT2D eigenvalue weighted by Crippen LogP contribution is 2.25. The number of anilines is 1. The topological polar surface area (TPSA) is 12.5 Å². The molecule has 0 atom stereocenters. The van der Waals surface area contributed by atoms with Gasteiger partial charge in [-0.15, -0.1) is 0 Å². The van der Waals surface area contributed by atoms with Crippen LogP contribution in [0.15, 0.2) is 36.0 Å². The number of rotatable bonds is 5. The molecule has 0 heterocycles. The zero-order chi connectivity index (χ0) is 13.8. The number of allylic oxidation sites excluding steroid dienone is 2. The highest BCUT2D eigenvalue weighted by atomic mass is 19.3. The highest BCUT2D eigenvalue weighted by Gasteiger charge is 2.22. The van der Waals surface area contributed by atoms with E-state index in [1.54, 1.807) is 24.3 Å². The fourth-order valence-electron chi connectivity index (χ4n) is 1.58. The van der Waals surface area contributed by atoms with Gasteiger partial charge in [-0.3, -0.25) is 0 Å². The van der Waals surface area contributed by atoms with Crippen LogP contribution in [-0.4, -0.2) is 13.2 Å². The quantitative estimate of drug-likeness (QED) is 0.771. The third-order valence-corrected chi connectivity index (χ3v) is 2.55. The van der Waals surface area contributed by atoms with Crippen LogP contribution in [0.3, 0.4) is 0 Å². The van der Waals surface area contributed by atoms with Crippen molar-refractivity contribution in [2.75, 3.05) is 11.9 Å². The van der Waals surface area contributed by atoms with E-state index in [1.807, 2.05) is 18.9 Å². The molecule has 4 heteroatoms. The Kier molecular flexibility index (Phi) is 4.70. The van der Waals surface area contributed by atoms with Gasteiger partial charge in [0.15, 0.2) is 0 Å². The molecule has 1 rings (SSSR count). The number of ether oxygens (including phenoxy) is 1. The molecular formula is C14H19F2NO. The van der Waals surface area contributed by atoms with E-state index < -0.39 is 6.11 Å². The molecule has 1 aromatic carbocycles. The lowest BCUT2D eigenvalue weighted by molar-refractivity contribution is -0.158. The van der Waals surface area contributed by atoms with Gasteiger partial charge in [-0.2, -0.15) is 8.78 Å². The van der Waals surface area contributed by atoms with E-state index >= 15 is 0 Å². The van der Waals surface area contributed by atoms with Crippen molar-refractivity contribution in [1.82, 2.24) is 0 Å². The third kappa shape index (κ3) is 4.35. The fourth-order valence-corrected chi connectivity index (χ4v) is 1.58. The van der Waals surface area contributed by atoms with Gasteiger partial charge in [-0.05, 0) is 37.6 Å². The van der Waals surface area contributed by atoms with E-state index in [2.05, 4.69) is 17.7 Å². The van der Waals surface area contributed by atoms with Gasteiger partial charge >= 0.3 is 6.11 Å². The van der Waals surface area contributed by atoms with E-state index in [4.69, 9.17) is 0 Å². The van der Waals surface area contributed by atoms with Gasteiger partial charge in [0.2, 0.25) is 0 Å². The molecule has 2 nitrogen and oxygen atoms in total. The second-order valence-corrected chi connectivity index (χ2v) is 4.22. The summed E-state index contributed by atoms with van der Waals surface area (Å²) in [7, 11) is 1.94. The van der Waals surface area contributed by atoms with Gasteiger partial charge in [0.25, 0.3) is 0 Å². The van der Waals surface area contributed by atoms with Crippen molar-refractivity contribution in [3.05, 3.63) is 36.0 Å². The summed E-state index contributed by atoms with van der Waals surface area (Å²) in [5.74, 6) is 0.164. The Hall–Kier alpha value is -1.58. The molecule has 100 valence electrons. The SMILES string of the molecule is CC/C=C(/C)N(C)c1ccc(OC(C)(F)F)cc1. The maximum absolute atomic E-state index is 12.7. The van der Waals surface area contributed by atoms with Crippen LogP contribution in [0.25, 0.3) is 0 Å². The summed E-state index contributed by atoms with van der Waals surface area (Å²) in [6.07, 6.45) is -0.0878. The summed E-state index contributed by atoms with van der Waals surface area (Å²) in [6.45, 7) is 4.80. The van der Waals surface area contributed by atoms with Crippen LogP contribution in [-0.2, 0) is 0 Å². The Morgan fingerprint density at radius 3 is 2.33 bits per heavy atom. The highest BCUT2D eigenvalue weighted by molar-refractivity contribution is 5.52. The minimum absolute atomic E-state index is 0.164. The number of benzene rings is 1.